The summed E-state index contributed by atoms with van der Waals surface area (Å²) in [4.78, 5) is 15.9. The van der Waals surface area contributed by atoms with Crippen LogP contribution in [-0.2, 0) is 4.79 Å². The van der Waals surface area contributed by atoms with Crippen molar-refractivity contribution in [3.05, 3.63) is 29.8 Å². The maximum atomic E-state index is 11.6. The molecule has 3 nitrogen and oxygen atoms in total. The van der Waals surface area contributed by atoms with Gasteiger partial charge in [-0.05, 0) is 19.1 Å². The fourth-order valence-corrected chi connectivity index (χ4v) is 2.19. The highest BCUT2D eigenvalue weighted by Gasteiger charge is 2.19. The summed E-state index contributed by atoms with van der Waals surface area (Å²) in [6.07, 6.45) is 0.616. The molecule has 1 aliphatic heterocycles. The highest BCUT2D eigenvalue weighted by Crippen LogP contribution is 2.17. The number of benzene rings is 1. The normalized spacial score (nSPS) is 16.1. The molecule has 0 saturated carbocycles. The summed E-state index contributed by atoms with van der Waals surface area (Å²) >= 11 is 0. The molecule has 1 aromatic rings. The average Bonchev–Trinajstić information content (AvgIpc) is 2.39. The number of nitrogens with zero attached hydrogens (tertiary/aromatic N) is 2. The van der Waals surface area contributed by atoms with Gasteiger partial charge in [-0.1, -0.05) is 24.6 Å². The van der Waals surface area contributed by atoms with E-state index in [4.69, 9.17) is 0 Å². The minimum atomic E-state index is 0.272. The molecule has 1 saturated heterocycles. The SMILES string of the molecule is CCC(=O)N1CCN(c2ccc(C)cc2)CC1. The summed E-state index contributed by atoms with van der Waals surface area (Å²) in [6, 6.07) is 8.59. The van der Waals surface area contributed by atoms with E-state index in [9.17, 15) is 4.79 Å². The molecule has 17 heavy (non-hydrogen) atoms. The highest BCUT2D eigenvalue weighted by molar-refractivity contribution is 5.76. The molecule has 1 aromatic carbocycles. The van der Waals surface area contributed by atoms with Crippen molar-refractivity contribution in [3.8, 4) is 0 Å². The number of rotatable bonds is 2. The van der Waals surface area contributed by atoms with Crippen molar-refractivity contribution < 1.29 is 4.79 Å². The fourth-order valence-electron chi connectivity index (χ4n) is 2.19. The number of carbonyl (C=O) groups excluding carboxylic acids is 1. The van der Waals surface area contributed by atoms with Crippen LogP contribution in [0.2, 0.25) is 0 Å². The van der Waals surface area contributed by atoms with Gasteiger partial charge in [-0.25, -0.2) is 0 Å². The predicted octanol–water partition coefficient (Wildman–Crippen LogP) is 2.05. The third-order valence-corrected chi connectivity index (χ3v) is 3.33. The van der Waals surface area contributed by atoms with Gasteiger partial charge in [-0.2, -0.15) is 0 Å². The predicted molar refractivity (Wildman–Crippen MR) is 70.3 cm³/mol. The van der Waals surface area contributed by atoms with Crippen molar-refractivity contribution in [2.75, 3.05) is 31.1 Å². The van der Waals surface area contributed by atoms with Gasteiger partial charge in [0.2, 0.25) is 5.91 Å². The first-order valence-corrected chi connectivity index (χ1v) is 6.30. The van der Waals surface area contributed by atoms with E-state index in [2.05, 4.69) is 36.1 Å². The first-order chi connectivity index (χ1) is 8.20. The Labute approximate surface area is 103 Å². The number of anilines is 1. The Morgan fingerprint density at radius 3 is 2.24 bits per heavy atom. The van der Waals surface area contributed by atoms with Crippen LogP contribution in [0.4, 0.5) is 5.69 Å². The molecular formula is C14H20N2O. The number of hydrogen-bond donors (Lipinski definition) is 0. The molecule has 0 atom stereocenters. The van der Waals surface area contributed by atoms with Gasteiger partial charge in [0.25, 0.3) is 0 Å². The minimum absolute atomic E-state index is 0.272. The number of amides is 1. The largest absolute Gasteiger partial charge is 0.368 e. The van der Waals surface area contributed by atoms with Gasteiger partial charge >= 0.3 is 0 Å². The lowest BCUT2D eigenvalue weighted by Crippen LogP contribution is -2.48. The molecule has 2 rings (SSSR count). The summed E-state index contributed by atoms with van der Waals surface area (Å²) < 4.78 is 0. The van der Waals surface area contributed by atoms with Gasteiger partial charge in [0.05, 0.1) is 0 Å². The third kappa shape index (κ3) is 2.78. The number of aryl methyl sites for hydroxylation is 1. The van der Waals surface area contributed by atoms with E-state index in [0.717, 1.165) is 26.2 Å². The molecular weight excluding hydrogens is 212 g/mol. The molecule has 1 aliphatic rings. The van der Waals surface area contributed by atoms with E-state index in [0.29, 0.717) is 6.42 Å². The Morgan fingerprint density at radius 1 is 1.12 bits per heavy atom. The van der Waals surface area contributed by atoms with Gasteiger partial charge in [-0.3, -0.25) is 4.79 Å². The first kappa shape index (κ1) is 12.0. The second-order valence-electron chi connectivity index (χ2n) is 4.56. The standard InChI is InChI=1S/C14H20N2O/c1-3-14(17)16-10-8-15(9-11-16)13-6-4-12(2)5-7-13/h4-7H,3,8-11H2,1-2H3. The van der Waals surface area contributed by atoms with Crippen LogP contribution < -0.4 is 4.90 Å². The van der Waals surface area contributed by atoms with Crippen molar-refractivity contribution in [2.24, 2.45) is 0 Å². The topological polar surface area (TPSA) is 23.6 Å². The second-order valence-corrected chi connectivity index (χ2v) is 4.56. The van der Waals surface area contributed by atoms with Crippen LogP contribution in [0.1, 0.15) is 18.9 Å². The molecule has 0 aromatic heterocycles. The van der Waals surface area contributed by atoms with Gasteiger partial charge in [0, 0.05) is 38.3 Å². The van der Waals surface area contributed by atoms with Crippen LogP contribution in [0.5, 0.6) is 0 Å². The van der Waals surface area contributed by atoms with Crippen LogP contribution >= 0.6 is 0 Å². The first-order valence-electron chi connectivity index (χ1n) is 6.30. The minimum Gasteiger partial charge on any atom is -0.368 e. The quantitative estimate of drug-likeness (QED) is 0.779. The molecule has 1 amide bonds. The number of piperazine rings is 1. The second kappa shape index (κ2) is 5.21. The third-order valence-electron chi connectivity index (χ3n) is 3.33. The Balaban J connectivity index is 1.95. The smallest absolute Gasteiger partial charge is 0.222 e. The van der Waals surface area contributed by atoms with Gasteiger partial charge < -0.3 is 9.80 Å². The van der Waals surface area contributed by atoms with Crippen molar-refractivity contribution >= 4 is 11.6 Å². The average molecular weight is 232 g/mol. The van der Waals surface area contributed by atoms with Gasteiger partial charge in [0.1, 0.15) is 0 Å². The monoisotopic (exact) mass is 232 g/mol. The Bertz CT molecular complexity index is 378. The molecule has 0 N–H and O–H groups in total. The van der Waals surface area contributed by atoms with Crippen LogP contribution in [0, 0.1) is 6.92 Å². The van der Waals surface area contributed by atoms with E-state index in [1.165, 1.54) is 11.3 Å². The number of carbonyl (C=O) groups is 1. The summed E-state index contributed by atoms with van der Waals surface area (Å²) in [7, 11) is 0. The zero-order valence-electron chi connectivity index (χ0n) is 10.6. The lowest BCUT2D eigenvalue weighted by atomic mass is 10.2. The van der Waals surface area contributed by atoms with Crippen LogP contribution in [0.25, 0.3) is 0 Å². The molecule has 1 fully saturated rings. The lowest BCUT2D eigenvalue weighted by Gasteiger charge is -2.36. The van der Waals surface area contributed by atoms with E-state index in [-0.39, 0.29) is 5.91 Å². The van der Waals surface area contributed by atoms with Gasteiger partial charge in [-0.15, -0.1) is 0 Å². The fraction of sp³-hybridized carbons (Fsp3) is 0.500. The number of hydrogen-bond acceptors (Lipinski definition) is 2. The van der Waals surface area contributed by atoms with Crippen molar-refractivity contribution in [3.63, 3.8) is 0 Å². The zero-order chi connectivity index (χ0) is 12.3. The van der Waals surface area contributed by atoms with E-state index in [1.807, 2.05) is 11.8 Å². The van der Waals surface area contributed by atoms with Crippen LogP contribution in [0.3, 0.4) is 0 Å². The molecule has 0 unspecified atom stereocenters. The maximum Gasteiger partial charge on any atom is 0.222 e. The Morgan fingerprint density at radius 2 is 1.71 bits per heavy atom. The van der Waals surface area contributed by atoms with E-state index >= 15 is 0 Å². The van der Waals surface area contributed by atoms with Crippen molar-refractivity contribution in [1.82, 2.24) is 4.90 Å². The van der Waals surface area contributed by atoms with Gasteiger partial charge in [0.15, 0.2) is 0 Å². The lowest BCUT2D eigenvalue weighted by molar-refractivity contribution is -0.131. The molecule has 1 heterocycles. The van der Waals surface area contributed by atoms with Crippen molar-refractivity contribution in [1.29, 1.82) is 0 Å². The van der Waals surface area contributed by atoms with E-state index in [1.54, 1.807) is 0 Å². The molecule has 0 radical (unpaired) electrons. The maximum absolute atomic E-state index is 11.6. The summed E-state index contributed by atoms with van der Waals surface area (Å²) in [6.45, 7) is 7.60. The van der Waals surface area contributed by atoms with Crippen LogP contribution in [-0.4, -0.2) is 37.0 Å². The van der Waals surface area contributed by atoms with Crippen LogP contribution in [0.15, 0.2) is 24.3 Å². The Kier molecular flexibility index (Phi) is 3.67. The summed E-state index contributed by atoms with van der Waals surface area (Å²) in [5, 5.41) is 0. The van der Waals surface area contributed by atoms with E-state index < -0.39 is 0 Å². The summed E-state index contributed by atoms with van der Waals surface area (Å²) in [5.41, 5.74) is 2.55. The molecule has 0 aliphatic carbocycles. The molecule has 0 spiro atoms. The molecule has 3 heteroatoms. The Hall–Kier alpha value is -1.51. The van der Waals surface area contributed by atoms with Crippen molar-refractivity contribution in [2.45, 2.75) is 20.3 Å². The molecule has 0 bridgehead atoms. The highest BCUT2D eigenvalue weighted by atomic mass is 16.2. The zero-order valence-corrected chi connectivity index (χ0v) is 10.6. The summed E-state index contributed by atoms with van der Waals surface area (Å²) in [5.74, 6) is 0.272. The molecule has 92 valence electrons.